The van der Waals surface area contributed by atoms with Crippen molar-refractivity contribution in [3.63, 3.8) is 0 Å². The Morgan fingerprint density at radius 2 is 1.95 bits per heavy atom. The van der Waals surface area contributed by atoms with Crippen LogP contribution in [0.1, 0.15) is 17.0 Å². The van der Waals surface area contributed by atoms with E-state index in [0.29, 0.717) is 11.1 Å². The molecule has 3 nitrogen and oxygen atoms in total. The van der Waals surface area contributed by atoms with Crippen LogP contribution in [0.2, 0.25) is 0 Å². The molecule has 19 heavy (non-hydrogen) atoms. The van der Waals surface area contributed by atoms with E-state index >= 15 is 0 Å². The van der Waals surface area contributed by atoms with Crippen molar-refractivity contribution in [1.29, 1.82) is 5.26 Å². The number of nitriles is 1. The minimum atomic E-state index is -0.426. The Morgan fingerprint density at radius 3 is 2.47 bits per heavy atom. The standard InChI is InChI=1S/C15H15FN2O/c1-9-12(8-17)15(10(2)18(9)3)11-5-6-14(19-4)13(16)7-11/h5-7H,1-4H3. The van der Waals surface area contributed by atoms with Crippen LogP contribution in [0.4, 0.5) is 4.39 Å². The zero-order chi connectivity index (χ0) is 14.2. The average molecular weight is 258 g/mol. The van der Waals surface area contributed by atoms with Crippen LogP contribution in [0, 0.1) is 31.0 Å². The number of halogens is 1. The summed E-state index contributed by atoms with van der Waals surface area (Å²) in [4.78, 5) is 0. The third-order valence-electron chi connectivity index (χ3n) is 3.53. The Bertz CT molecular complexity index is 680. The number of methoxy groups -OCH3 is 1. The number of hydrogen-bond donors (Lipinski definition) is 0. The Hall–Kier alpha value is -2.28. The van der Waals surface area contributed by atoms with E-state index in [-0.39, 0.29) is 5.75 Å². The molecule has 2 rings (SSSR count). The first-order valence-electron chi connectivity index (χ1n) is 5.91. The lowest BCUT2D eigenvalue weighted by Gasteiger charge is -2.06. The van der Waals surface area contributed by atoms with Crippen LogP contribution >= 0.6 is 0 Å². The van der Waals surface area contributed by atoms with Gasteiger partial charge in [0.25, 0.3) is 0 Å². The van der Waals surface area contributed by atoms with Gasteiger partial charge in [0.05, 0.1) is 12.7 Å². The molecule has 0 aliphatic heterocycles. The van der Waals surface area contributed by atoms with Gasteiger partial charge in [-0.3, -0.25) is 0 Å². The molecule has 0 bridgehead atoms. The number of nitrogens with zero attached hydrogens (tertiary/aromatic N) is 2. The maximum absolute atomic E-state index is 13.8. The molecule has 0 radical (unpaired) electrons. The highest BCUT2D eigenvalue weighted by Gasteiger charge is 2.18. The van der Waals surface area contributed by atoms with Gasteiger partial charge in [0.15, 0.2) is 11.6 Å². The summed E-state index contributed by atoms with van der Waals surface area (Å²) in [7, 11) is 3.32. The summed E-state index contributed by atoms with van der Waals surface area (Å²) in [6.07, 6.45) is 0. The second-order valence-electron chi connectivity index (χ2n) is 4.44. The Labute approximate surface area is 111 Å². The number of ether oxygens (including phenoxy) is 1. The average Bonchev–Trinajstić information content (AvgIpc) is 2.62. The van der Waals surface area contributed by atoms with Crippen molar-refractivity contribution >= 4 is 0 Å². The SMILES string of the molecule is COc1ccc(-c2c(C#N)c(C)n(C)c2C)cc1F. The molecule has 0 spiro atoms. The molecule has 0 unspecified atom stereocenters. The van der Waals surface area contributed by atoms with Gasteiger partial charge >= 0.3 is 0 Å². The number of aromatic nitrogens is 1. The Morgan fingerprint density at radius 1 is 1.26 bits per heavy atom. The van der Waals surface area contributed by atoms with Gasteiger partial charge in [-0.25, -0.2) is 4.39 Å². The van der Waals surface area contributed by atoms with E-state index in [2.05, 4.69) is 6.07 Å². The summed E-state index contributed by atoms with van der Waals surface area (Å²) >= 11 is 0. The summed E-state index contributed by atoms with van der Waals surface area (Å²) in [5, 5.41) is 9.29. The highest BCUT2D eigenvalue weighted by Crippen LogP contribution is 2.33. The van der Waals surface area contributed by atoms with Gasteiger partial charge in [-0.15, -0.1) is 0 Å². The van der Waals surface area contributed by atoms with Crippen LogP contribution < -0.4 is 4.74 Å². The van der Waals surface area contributed by atoms with Gasteiger partial charge in [-0.1, -0.05) is 6.07 Å². The van der Waals surface area contributed by atoms with Gasteiger partial charge in [-0.05, 0) is 31.5 Å². The second kappa shape index (κ2) is 4.77. The Balaban J connectivity index is 2.69. The summed E-state index contributed by atoms with van der Waals surface area (Å²) < 4.78 is 20.6. The van der Waals surface area contributed by atoms with Crippen LogP contribution in [0.5, 0.6) is 5.75 Å². The molecule has 4 heteroatoms. The molecule has 0 saturated carbocycles. The molecular formula is C15H15FN2O. The molecule has 0 fully saturated rings. The molecule has 0 atom stereocenters. The van der Waals surface area contributed by atoms with Crippen LogP contribution in [0.3, 0.4) is 0 Å². The second-order valence-corrected chi connectivity index (χ2v) is 4.44. The molecule has 0 N–H and O–H groups in total. The van der Waals surface area contributed by atoms with E-state index in [9.17, 15) is 9.65 Å². The summed E-state index contributed by atoms with van der Waals surface area (Å²) in [5.41, 5.74) is 3.88. The molecule has 1 aromatic heterocycles. The minimum absolute atomic E-state index is 0.201. The zero-order valence-corrected chi connectivity index (χ0v) is 11.4. The van der Waals surface area contributed by atoms with E-state index in [1.54, 1.807) is 12.1 Å². The predicted octanol–water partition coefficient (Wildman–Crippen LogP) is 3.33. The maximum Gasteiger partial charge on any atom is 0.165 e. The first-order chi connectivity index (χ1) is 9.01. The third-order valence-corrected chi connectivity index (χ3v) is 3.53. The molecule has 2 aromatic rings. The zero-order valence-electron chi connectivity index (χ0n) is 11.4. The van der Waals surface area contributed by atoms with Crippen LogP contribution in [0.15, 0.2) is 18.2 Å². The first kappa shape index (κ1) is 13.2. The van der Waals surface area contributed by atoms with E-state index in [1.165, 1.54) is 13.2 Å². The molecule has 98 valence electrons. The van der Waals surface area contributed by atoms with E-state index in [4.69, 9.17) is 4.74 Å². The van der Waals surface area contributed by atoms with Gasteiger partial charge in [0.1, 0.15) is 6.07 Å². The van der Waals surface area contributed by atoms with Crippen molar-refractivity contribution in [2.24, 2.45) is 7.05 Å². The first-order valence-corrected chi connectivity index (χ1v) is 5.91. The van der Waals surface area contributed by atoms with Gasteiger partial charge in [-0.2, -0.15) is 5.26 Å². The normalized spacial score (nSPS) is 10.3. The lowest BCUT2D eigenvalue weighted by Crippen LogP contribution is -1.93. The third kappa shape index (κ3) is 1.97. The van der Waals surface area contributed by atoms with E-state index < -0.39 is 5.82 Å². The van der Waals surface area contributed by atoms with Gasteiger partial charge in [0, 0.05) is 24.0 Å². The number of rotatable bonds is 2. The topological polar surface area (TPSA) is 37.9 Å². The highest BCUT2D eigenvalue weighted by molar-refractivity contribution is 5.75. The van der Waals surface area contributed by atoms with Crippen molar-refractivity contribution < 1.29 is 9.13 Å². The molecular weight excluding hydrogens is 243 g/mol. The molecule has 1 heterocycles. The molecule has 1 aromatic carbocycles. The monoisotopic (exact) mass is 258 g/mol. The van der Waals surface area contributed by atoms with Gasteiger partial charge in [0.2, 0.25) is 0 Å². The van der Waals surface area contributed by atoms with Crippen molar-refractivity contribution in [2.45, 2.75) is 13.8 Å². The smallest absolute Gasteiger partial charge is 0.165 e. The van der Waals surface area contributed by atoms with Gasteiger partial charge < -0.3 is 9.30 Å². The largest absolute Gasteiger partial charge is 0.494 e. The quantitative estimate of drug-likeness (QED) is 0.828. The molecule has 0 aliphatic carbocycles. The summed E-state index contributed by atoms with van der Waals surface area (Å²) in [6, 6.07) is 6.95. The molecule has 0 aliphatic rings. The molecule has 0 amide bonds. The van der Waals surface area contributed by atoms with Crippen LogP contribution in [-0.4, -0.2) is 11.7 Å². The summed E-state index contributed by atoms with van der Waals surface area (Å²) in [5.74, 6) is -0.225. The van der Waals surface area contributed by atoms with Crippen molar-refractivity contribution in [2.75, 3.05) is 7.11 Å². The van der Waals surface area contributed by atoms with Crippen molar-refractivity contribution in [3.05, 3.63) is 41.0 Å². The highest BCUT2D eigenvalue weighted by atomic mass is 19.1. The molecule has 0 saturated heterocycles. The van der Waals surface area contributed by atoms with E-state index in [0.717, 1.165) is 17.0 Å². The fraction of sp³-hybridized carbons (Fsp3) is 0.267. The van der Waals surface area contributed by atoms with Crippen molar-refractivity contribution in [3.8, 4) is 22.9 Å². The number of hydrogen-bond acceptors (Lipinski definition) is 2. The van der Waals surface area contributed by atoms with Crippen LogP contribution in [-0.2, 0) is 7.05 Å². The van der Waals surface area contributed by atoms with E-state index in [1.807, 2.05) is 25.5 Å². The predicted molar refractivity (Wildman–Crippen MR) is 71.5 cm³/mol. The number of benzene rings is 1. The minimum Gasteiger partial charge on any atom is -0.494 e. The van der Waals surface area contributed by atoms with Crippen molar-refractivity contribution in [1.82, 2.24) is 4.57 Å². The fourth-order valence-corrected chi connectivity index (χ4v) is 2.26. The maximum atomic E-state index is 13.8. The Kier molecular flexibility index (Phi) is 3.30. The summed E-state index contributed by atoms with van der Waals surface area (Å²) in [6.45, 7) is 3.81. The lowest BCUT2D eigenvalue weighted by molar-refractivity contribution is 0.386. The lowest BCUT2D eigenvalue weighted by atomic mass is 10.0. The fourth-order valence-electron chi connectivity index (χ4n) is 2.26. The van der Waals surface area contributed by atoms with Crippen LogP contribution in [0.25, 0.3) is 11.1 Å².